The lowest BCUT2D eigenvalue weighted by atomic mass is 9.99. The first-order valence-electron chi connectivity index (χ1n) is 6.86. The predicted octanol–water partition coefficient (Wildman–Crippen LogP) is 2.04. The van der Waals surface area contributed by atoms with Gasteiger partial charge in [-0.3, -0.25) is 4.79 Å². The van der Waals surface area contributed by atoms with Gasteiger partial charge in [0.1, 0.15) is 5.54 Å². The lowest BCUT2D eigenvalue weighted by Crippen LogP contribution is -2.55. The molecule has 0 aliphatic carbocycles. The average Bonchev–Trinajstić information content (AvgIpc) is 2.94. The molecule has 1 aliphatic heterocycles. The summed E-state index contributed by atoms with van der Waals surface area (Å²) in [6, 6.07) is 10.1. The van der Waals surface area contributed by atoms with Crippen LogP contribution >= 0.6 is 23.5 Å². The molecule has 21 heavy (non-hydrogen) atoms. The van der Waals surface area contributed by atoms with Gasteiger partial charge in [-0.05, 0) is 29.9 Å². The van der Waals surface area contributed by atoms with E-state index in [4.69, 9.17) is 0 Å². The van der Waals surface area contributed by atoms with Crippen LogP contribution in [0.25, 0.3) is 0 Å². The number of carboxylic acid groups (broad SMARTS) is 1. The van der Waals surface area contributed by atoms with E-state index in [1.165, 1.54) is 17.3 Å². The number of hydrogen-bond donors (Lipinski definition) is 2. The van der Waals surface area contributed by atoms with Crippen LogP contribution in [-0.4, -0.2) is 45.5 Å². The Morgan fingerprint density at radius 1 is 1.33 bits per heavy atom. The molecule has 1 atom stereocenters. The highest BCUT2D eigenvalue weighted by molar-refractivity contribution is 8.00. The van der Waals surface area contributed by atoms with E-state index < -0.39 is 11.5 Å². The van der Waals surface area contributed by atoms with Crippen molar-refractivity contribution in [2.24, 2.45) is 0 Å². The molecular weight excluding hydrogens is 306 g/mol. The normalized spacial score (nSPS) is 21.1. The standard InChI is InChI=1S/C15H19NO3S2/c17-13(16-15(14(18)19)7-9-21-11-15)10-20-8-6-12-4-2-1-3-5-12/h1-5H,6-11H2,(H,16,17)(H,18,19). The molecule has 0 spiro atoms. The third-order valence-corrected chi connectivity index (χ3v) is 5.57. The van der Waals surface area contributed by atoms with Crippen molar-refractivity contribution in [3.8, 4) is 0 Å². The Labute approximate surface area is 133 Å². The summed E-state index contributed by atoms with van der Waals surface area (Å²) in [4.78, 5) is 23.3. The largest absolute Gasteiger partial charge is 0.479 e. The Kier molecular flexibility index (Phi) is 5.99. The van der Waals surface area contributed by atoms with Crippen LogP contribution in [0.4, 0.5) is 0 Å². The number of carbonyl (C=O) groups is 2. The van der Waals surface area contributed by atoms with Crippen molar-refractivity contribution in [3.63, 3.8) is 0 Å². The SMILES string of the molecule is O=C(CSCCc1ccccc1)NC1(C(=O)O)CCSC1. The Morgan fingerprint density at radius 3 is 2.71 bits per heavy atom. The quantitative estimate of drug-likeness (QED) is 0.751. The van der Waals surface area contributed by atoms with Crippen LogP contribution in [0.1, 0.15) is 12.0 Å². The summed E-state index contributed by atoms with van der Waals surface area (Å²) >= 11 is 3.11. The molecule has 2 rings (SSSR count). The van der Waals surface area contributed by atoms with Gasteiger partial charge in [0.2, 0.25) is 5.91 Å². The zero-order valence-corrected chi connectivity index (χ0v) is 13.3. The average molecular weight is 325 g/mol. The second kappa shape index (κ2) is 7.75. The number of hydrogen-bond acceptors (Lipinski definition) is 4. The van der Waals surface area contributed by atoms with Gasteiger partial charge in [0.15, 0.2) is 0 Å². The second-order valence-corrected chi connectivity index (χ2v) is 7.24. The Morgan fingerprint density at radius 2 is 2.10 bits per heavy atom. The first kappa shape index (κ1) is 16.2. The maximum Gasteiger partial charge on any atom is 0.330 e. The van der Waals surface area contributed by atoms with Crippen molar-refractivity contribution < 1.29 is 14.7 Å². The van der Waals surface area contributed by atoms with E-state index in [1.54, 1.807) is 11.8 Å². The molecule has 0 bridgehead atoms. The molecule has 0 radical (unpaired) electrons. The van der Waals surface area contributed by atoms with Crippen LogP contribution in [0.3, 0.4) is 0 Å². The van der Waals surface area contributed by atoms with E-state index in [2.05, 4.69) is 17.4 Å². The number of carbonyl (C=O) groups excluding carboxylic acids is 1. The van der Waals surface area contributed by atoms with Gasteiger partial charge in [-0.25, -0.2) is 4.79 Å². The molecule has 0 aromatic heterocycles. The van der Waals surface area contributed by atoms with Gasteiger partial charge in [0.25, 0.3) is 0 Å². The summed E-state index contributed by atoms with van der Waals surface area (Å²) in [7, 11) is 0. The van der Waals surface area contributed by atoms with Crippen LogP contribution in [-0.2, 0) is 16.0 Å². The molecule has 1 fully saturated rings. The van der Waals surface area contributed by atoms with Gasteiger partial charge in [0, 0.05) is 5.75 Å². The summed E-state index contributed by atoms with van der Waals surface area (Å²) in [5, 5.41) is 12.0. The molecule has 1 aliphatic rings. The lowest BCUT2D eigenvalue weighted by molar-refractivity contribution is -0.146. The van der Waals surface area contributed by atoms with E-state index in [9.17, 15) is 14.7 Å². The molecule has 4 nitrogen and oxygen atoms in total. The van der Waals surface area contributed by atoms with Crippen LogP contribution in [0.2, 0.25) is 0 Å². The number of aryl methyl sites for hydroxylation is 1. The summed E-state index contributed by atoms with van der Waals surface area (Å²) in [6.45, 7) is 0. The molecule has 1 unspecified atom stereocenters. The van der Waals surface area contributed by atoms with Crippen molar-refractivity contribution in [2.45, 2.75) is 18.4 Å². The van der Waals surface area contributed by atoms with E-state index in [-0.39, 0.29) is 5.91 Å². The van der Waals surface area contributed by atoms with Crippen molar-refractivity contribution in [3.05, 3.63) is 35.9 Å². The van der Waals surface area contributed by atoms with E-state index in [0.29, 0.717) is 17.9 Å². The van der Waals surface area contributed by atoms with Crippen molar-refractivity contribution >= 4 is 35.4 Å². The zero-order valence-electron chi connectivity index (χ0n) is 11.7. The molecule has 1 aromatic carbocycles. The summed E-state index contributed by atoms with van der Waals surface area (Å²) in [5.41, 5.74) is 0.196. The number of benzene rings is 1. The Bertz CT molecular complexity index is 487. The number of nitrogens with one attached hydrogen (secondary N) is 1. The topological polar surface area (TPSA) is 66.4 Å². The Hall–Kier alpha value is -1.14. The Balaban J connectivity index is 1.71. The van der Waals surface area contributed by atoms with Crippen molar-refractivity contribution in [1.82, 2.24) is 5.32 Å². The van der Waals surface area contributed by atoms with Crippen LogP contribution in [0.5, 0.6) is 0 Å². The third kappa shape index (κ3) is 4.68. The van der Waals surface area contributed by atoms with E-state index >= 15 is 0 Å². The highest BCUT2D eigenvalue weighted by Gasteiger charge is 2.43. The minimum Gasteiger partial charge on any atom is -0.479 e. The second-order valence-electron chi connectivity index (χ2n) is 5.03. The molecule has 2 N–H and O–H groups in total. The monoisotopic (exact) mass is 325 g/mol. The highest BCUT2D eigenvalue weighted by Crippen LogP contribution is 2.28. The summed E-state index contributed by atoms with van der Waals surface area (Å²) < 4.78 is 0. The fraction of sp³-hybridized carbons (Fsp3) is 0.467. The molecular formula is C15H19NO3S2. The fourth-order valence-corrected chi connectivity index (χ4v) is 4.30. The molecule has 0 saturated carbocycles. The lowest BCUT2D eigenvalue weighted by Gasteiger charge is -2.24. The fourth-order valence-electron chi connectivity index (χ4n) is 2.19. The highest BCUT2D eigenvalue weighted by atomic mass is 32.2. The summed E-state index contributed by atoms with van der Waals surface area (Å²) in [5.74, 6) is 1.31. The number of amides is 1. The first-order valence-corrected chi connectivity index (χ1v) is 9.17. The molecule has 1 heterocycles. The van der Waals surface area contributed by atoms with Gasteiger partial charge < -0.3 is 10.4 Å². The minimum atomic E-state index is -1.05. The van der Waals surface area contributed by atoms with Crippen LogP contribution in [0, 0.1) is 0 Å². The van der Waals surface area contributed by atoms with Crippen molar-refractivity contribution in [2.75, 3.05) is 23.0 Å². The van der Waals surface area contributed by atoms with Crippen LogP contribution < -0.4 is 5.32 Å². The van der Waals surface area contributed by atoms with Gasteiger partial charge in [0.05, 0.1) is 5.75 Å². The molecule has 6 heteroatoms. The molecule has 114 valence electrons. The first-order chi connectivity index (χ1) is 10.1. The maximum absolute atomic E-state index is 11.9. The minimum absolute atomic E-state index is 0.182. The van der Waals surface area contributed by atoms with Gasteiger partial charge in [-0.15, -0.1) is 0 Å². The van der Waals surface area contributed by atoms with E-state index in [0.717, 1.165) is 17.9 Å². The van der Waals surface area contributed by atoms with Gasteiger partial charge in [-0.1, -0.05) is 30.3 Å². The number of rotatable bonds is 7. The van der Waals surface area contributed by atoms with Gasteiger partial charge >= 0.3 is 5.97 Å². The number of aliphatic carboxylic acids is 1. The summed E-state index contributed by atoms with van der Waals surface area (Å²) in [6.07, 6.45) is 1.42. The number of thioether (sulfide) groups is 2. The third-order valence-electron chi connectivity index (χ3n) is 3.42. The predicted molar refractivity (Wildman–Crippen MR) is 87.9 cm³/mol. The van der Waals surface area contributed by atoms with Crippen LogP contribution in [0.15, 0.2) is 30.3 Å². The molecule has 1 saturated heterocycles. The molecule has 1 amide bonds. The maximum atomic E-state index is 11.9. The number of carboxylic acids is 1. The van der Waals surface area contributed by atoms with E-state index in [1.807, 2.05) is 18.2 Å². The molecule has 1 aromatic rings. The van der Waals surface area contributed by atoms with Crippen molar-refractivity contribution in [1.29, 1.82) is 0 Å². The van der Waals surface area contributed by atoms with Gasteiger partial charge in [-0.2, -0.15) is 23.5 Å². The smallest absolute Gasteiger partial charge is 0.330 e. The zero-order chi connectivity index (χ0) is 15.1.